The monoisotopic (exact) mass is 344 g/mol. The van der Waals surface area contributed by atoms with E-state index < -0.39 is 6.61 Å². The first kappa shape index (κ1) is 16.6. The predicted octanol–water partition coefficient (Wildman–Crippen LogP) is 3.55. The maximum absolute atomic E-state index is 12.3. The summed E-state index contributed by atoms with van der Waals surface area (Å²) in [7, 11) is 1.73. The van der Waals surface area contributed by atoms with E-state index in [1.54, 1.807) is 37.4 Å². The Kier molecular flexibility index (Phi) is 4.69. The van der Waals surface area contributed by atoms with E-state index in [1.807, 2.05) is 0 Å². The molecule has 3 rings (SSSR count). The third-order valence-corrected chi connectivity index (χ3v) is 3.47. The number of benzene rings is 1. The minimum atomic E-state index is -2.95. The molecule has 0 fully saturated rings. The van der Waals surface area contributed by atoms with Crippen molar-refractivity contribution in [2.75, 3.05) is 12.4 Å². The van der Waals surface area contributed by atoms with Gasteiger partial charge < -0.3 is 15.2 Å². The molecule has 8 heteroatoms. The van der Waals surface area contributed by atoms with Crippen molar-refractivity contribution in [1.82, 2.24) is 15.2 Å². The van der Waals surface area contributed by atoms with Gasteiger partial charge in [-0.2, -0.15) is 8.78 Å². The molecule has 0 atom stereocenters. The van der Waals surface area contributed by atoms with Crippen LogP contribution in [0.4, 0.5) is 14.6 Å². The third kappa shape index (κ3) is 3.79. The molecule has 25 heavy (non-hydrogen) atoms. The highest BCUT2D eigenvalue weighted by Crippen LogP contribution is 2.33. The average molecular weight is 344 g/mol. The molecular weight excluding hydrogens is 330 g/mol. The van der Waals surface area contributed by atoms with Crippen molar-refractivity contribution in [2.45, 2.75) is 6.61 Å². The van der Waals surface area contributed by atoms with Gasteiger partial charge in [-0.25, -0.2) is 4.98 Å². The normalized spacial score (nSPS) is 10.7. The summed E-state index contributed by atoms with van der Waals surface area (Å²) in [5, 5.41) is 21.2. The molecule has 0 radical (unpaired) electrons. The maximum atomic E-state index is 12.3. The van der Waals surface area contributed by atoms with Crippen LogP contribution in [0.15, 0.2) is 48.7 Å². The van der Waals surface area contributed by atoms with Gasteiger partial charge in [0, 0.05) is 24.9 Å². The number of phenols is 1. The van der Waals surface area contributed by atoms with Gasteiger partial charge in [0.15, 0.2) is 0 Å². The smallest absolute Gasteiger partial charge is 0.388 e. The number of rotatable bonds is 5. The summed E-state index contributed by atoms with van der Waals surface area (Å²) in [4.78, 5) is 3.72. The largest absolute Gasteiger partial charge is 0.507 e. The number of alkyl halides is 2. The molecule has 2 heterocycles. The number of hydrogen-bond donors (Lipinski definition) is 2. The molecule has 0 unspecified atom stereocenters. The molecule has 3 aromatic rings. The topological polar surface area (TPSA) is 80.2 Å². The third-order valence-electron chi connectivity index (χ3n) is 3.47. The molecular formula is C17H14F2N4O2. The Morgan fingerprint density at radius 2 is 1.84 bits per heavy atom. The zero-order chi connectivity index (χ0) is 17.8. The number of phenolic OH excluding ortho intramolecular Hbond substituents is 1. The molecule has 0 saturated heterocycles. The second-order valence-electron chi connectivity index (χ2n) is 5.05. The molecule has 128 valence electrons. The van der Waals surface area contributed by atoms with Crippen LogP contribution < -0.4 is 10.1 Å². The van der Waals surface area contributed by atoms with Crippen LogP contribution in [0, 0.1) is 0 Å². The zero-order valence-electron chi connectivity index (χ0n) is 13.1. The summed E-state index contributed by atoms with van der Waals surface area (Å²) in [6.45, 7) is -2.95. The lowest BCUT2D eigenvalue weighted by Gasteiger charge is -2.09. The first-order chi connectivity index (χ1) is 12.1. The highest BCUT2D eigenvalue weighted by Gasteiger charge is 2.11. The van der Waals surface area contributed by atoms with Crippen molar-refractivity contribution < 1.29 is 18.6 Å². The Morgan fingerprint density at radius 3 is 2.48 bits per heavy atom. The second-order valence-corrected chi connectivity index (χ2v) is 5.05. The van der Waals surface area contributed by atoms with Crippen molar-refractivity contribution in [3.8, 4) is 34.0 Å². The Balaban J connectivity index is 1.91. The lowest BCUT2D eigenvalue weighted by atomic mass is 10.0. The van der Waals surface area contributed by atoms with Gasteiger partial charge in [0.25, 0.3) is 0 Å². The van der Waals surface area contributed by atoms with Crippen LogP contribution >= 0.6 is 0 Å². The van der Waals surface area contributed by atoms with Gasteiger partial charge >= 0.3 is 6.61 Å². The van der Waals surface area contributed by atoms with Crippen LogP contribution in [0.3, 0.4) is 0 Å². The fourth-order valence-electron chi connectivity index (χ4n) is 2.28. The summed E-state index contributed by atoms with van der Waals surface area (Å²) in [6, 6.07) is 11.4. The van der Waals surface area contributed by atoms with Crippen molar-refractivity contribution in [1.29, 1.82) is 0 Å². The van der Waals surface area contributed by atoms with Crippen LogP contribution in [-0.4, -0.2) is 33.9 Å². The molecule has 2 aromatic heterocycles. The van der Waals surface area contributed by atoms with Crippen LogP contribution in [-0.2, 0) is 0 Å². The molecule has 0 aliphatic rings. The number of aromatic nitrogens is 3. The number of halogens is 2. The standard InChI is InChI=1S/C17H14F2N4O2/c1-20-15-5-4-13(22-23-15)12-3-2-10(8-14(12)24)11-6-7-21-16(9-11)25-17(18)19/h2-9,17,24H,1H3,(H,20,23). The molecule has 2 N–H and O–H groups in total. The Bertz CT molecular complexity index is 873. The van der Waals surface area contributed by atoms with Gasteiger partial charge in [-0.3, -0.25) is 0 Å². The van der Waals surface area contributed by atoms with Gasteiger partial charge in [-0.1, -0.05) is 6.07 Å². The summed E-state index contributed by atoms with van der Waals surface area (Å²) in [5.74, 6) is 0.421. The molecule has 0 spiro atoms. The number of anilines is 1. The molecule has 0 aliphatic heterocycles. The van der Waals surface area contributed by atoms with Crippen molar-refractivity contribution in [3.05, 3.63) is 48.7 Å². The molecule has 0 aliphatic carbocycles. The number of ether oxygens (including phenoxy) is 1. The molecule has 0 amide bonds. The SMILES string of the molecule is CNc1ccc(-c2ccc(-c3ccnc(OC(F)F)c3)cc2O)nn1. The minimum absolute atomic E-state index is 0.00264. The first-order valence-electron chi connectivity index (χ1n) is 7.33. The van der Waals surface area contributed by atoms with Gasteiger partial charge in [0.2, 0.25) is 5.88 Å². The van der Waals surface area contributed by atoms with Gasteiger partial charge in [0.1, 0.15) is 11.6 Å². The highest BCUT2D eigenvalue weighted by molar-refractivity contribution is 5.74. The quantitative estimate of drug-likeness (QED) is 0.737. The van der Waals surface area contributed by atoms with E-state index in [9.17, 15) is 13.9 Å². The average Bonchev–Trinajstić information content (AvgIpc) is 2.61. The molecule has 1 aromatic carbocycles. The fourth-order valence-corrected chi connectivity index (χ4v) is 2.28. The zero-order valence-corrected chi connectivity index (χ0v) is 13.1. The molecule has 0 bridgehead atoms. The van der Waals surface area contributed by atoms with Crippen LogP contribution in [0.2, 0.25) is 0 Å². The van der Waals surface area contributed by atoms with Crippen LogP contribution in [0.5, 0.6) is 11.6 Å². The van der Waals surface area contributed by atoms with E-state index in [4.69, 9.17) is 0 Å². The second kappa shape index (κ2) is 7.08. The van der Waals surface area contributed by atoms with E-state index >= 15 is 0 Å². The molecule has 0 saturated carbocycles. The van der Waals surface area contributed by atoms with E-state index in [-0.39, 0.29) is 11.6 Å². The minimum Gasteiger partial charge on any atom is -0.507 e. The number of pyridine rings is 1. The van der Waals surface area contributed by atoms with Crippen LogP contribution in [0.1, 0.15) is 0 Å². The van der Waals surface area contributed by atoms with E-state index in [0.29, 0.717) is 28.2 Å². The fraction of sp³-hybridized carbons (Fsp3) is 0.118. The Morgan fingerprint density at radius 1 is 1.04 bits per heavy atom. The summed E-state index contributed by atoms with van der Waals surface area (Å²) < 4.78 is 28.9. The number of nitrogens with zero attached hydrogens (tertiary/aromatic N) is 3. The van der Waals surface area contributed by atoms with Crippen molar-refractivity contribution in [2.24, 2.45) is 0 Å². The first-order valence-corrected chi connectivity index (χ1v) is 7.33. The lowest BCUT2D eigenvalue weighted by Crippen LogP contribution is -2.03. The van der Waals surface area contributed by atoms with Gasteiger partial charge in [-0.05, 0) is 41.5 Å². The van der Waals surface area contributed by atoms with E-state index in [2.05, 4.69) is 25.2 Å². The van der Waals surface area contributed by atoms with Gasteiger partial charge in [-0.15, -0.1) is 10.2 Å². The number of aromatic hydroxyl groups is 1. The summed E-state index contributed by atoms with van der Waals surface area (Å²) in [5.41, 5.74) is 2.24. The Labute approximate surface area is 142 Å². The number of nitrogens with one attached hydrogen (secondary N) is 1. The van der Waals surface area contributed by atoms with Crippen molar-refractivity contribution in [3.63, 3.8) is 0 Å². The van der Waals surface area contributed by atoms with E-state index in [1.165, 1.54) is 18.3 Å². The predicted molar refractivity (Wildman–Crippen MR) is 88.5 cm³/mol. The Hall–Kier alpha value is -3.29. The highest BCUT2D eigenvalue weighted by atomic mass is 19.3. The van der Waals surface area contributed by atoms with E-state index in [0.717, 1.165) is 0 Å². The maximum Gasteiger partial charge on any atom is 0.388 e. The van der Waals surface area contributed by atoms with Crippen LogP contribution in [0.25, 0.3) is 22.4 Å². The summed E-state index contributed by atoms with van der Waals surface area (Å²) >= 11 is 0. The number of hydrogen-bond acceptors (Lipinski definition) is 6. The van der Waals surface area contributed by atoms with Gasteiger partial charge in [0.05, 0.1) is 5.69 Å². The summed E-state index contributed by atoms with van der Waals surface area (Å²) in [6.07, 6.45) is 1.36. The molecule has 6 nitrogen and oxygen atoms in total. The lowest BCUT2D eigenvalue weighted by molar-refractivity contribution is -0.0528. The van der Waals surface area contributed by atoms with Crippen molar-refractivity contribution >= 4 is 5.82 Å².